The van der Waals surface area contributed by atoms with Gasteiger partial charge in [0, 0.05) is 29.4 Å². The zero-order valence-corrected chi connectivity index (χ0v) is 17.3. The number of nitrogens with one attached hydrogen (secondary N) is 3. The molecule has 0 aliphatic rings. The number of aromatic nitrogens is 1. The van der Waals surface area contributed by atoms with Gasteiger partial charge in [0.25, 0.3) is 15.9 Å². The first-order valence-corrected chi connectivity index (χ1v) is 10.4. The van der Waals surface area contributed by atoms with Gasteiger partial charge in [-0.25, -0.2) is 13.1 Å². The largest absolute Gasteiger partial charge is 0.337 e. The van der Waals surface area contributed by atoms with Crippen LogP contribution in [0.25, 0.3) is 0 Å². The van der Waals surface area contributed by atoms with E-state index in [1.807, 2.05) is 0 Å². The minimum atomic E-state index is -3.87. The average molecular weight is 428 g/mol. The molecular formula is C20H20N4O5S. The maximum absolute atomic E-state index is 12.5. The Balaban J connectivity index is 1.72. The Morgan fingerprint density at radius 2 is 1.67 bits per heavy atom. The Morgan fingerprint density at radius 1 is 0.967 bits per heavy atom. The van der Waals surface area contributed by atoms with Gasteiger partial charge in [0.1, 0.15) is 0 Å². The molecule has 0 saturated carbocycles. The number of rotatable bonds is 6. The first-order valence-electron chi connectivity index (χ1n) is 8.90. The van der Waals surface area contributed by atoms with Crippen LogP contribution in [0.3, 0.4) is 0 Å². The standard InChI is InChI=1S/C20H20N4O5S/c1-12-13(2)23-29-20(12)24-30(27,28)18-9-7-16(8-10-18)22-19(26)15-5-4-6-17(11-15)21-14(3)25/h4-11,24H,1-3H3,(H,21,25)(H,22,26). The highest BCUT2D eigenvalue weighted by atomic mass is 32.2. The molecule has 30 heavy (non-hydrogen) atoms. The number of aryl methyl sites for hydroxylation is 1. The lowest BCUT2D eigenvalue weighted by atomic mass is 10.2. The number of sulfonamides is 1. The van der Waals surface area contributed by atoms with Gasteiger partial charge >= 0.3 is 0 Å². The summed E-state index contributed by atoms with van der Waals surface area (Å²) in [6.07, 6.45) is 0. The van der Waals surface area contributed by atoms with E-state index in [2.05, 4.69) is 20.5 Å². The lowest BCUT2D eigenvalue weighted by molar-refractivity contribution is -0.114. The molecule has 0 bridgehead atoms. The molecule has 0 unspecified atom stereocenters. The molecule has 3 aromatic rings. The van der Waals surface area contributed by atoms with E-state index in [1.165, 1.54) is 31.2 Å². The quantitative estimate of drug-likeness (QED) is 0.552. The predicted molar refractivity (Wildman–Crippen MR) is 112 cm³/mol. The number of carbonyl (C=O) groups is 2. The molecule has 10 heteroatoms. The third-order valence-electron chi connectivity index (χ3n) is 4.25. The number of anilines is 3. The van der Waals surface area contributed by atoms with Crippen molar-refractivity contribution < 1.29 is 22.5 Å². The number of nitrogens with zero attached hydrogens (tertiary/aromatic N) is 1. The Kier molecular flexibility index (Phi) is 5.88. The van der Waals surface area contributed by atoms with Gasteiger partial charge in [-0.15, -0.1) is 0 Å². The van der Waals surface area contributed by atoms with Crippen molar-refractivity contribution in [1.82, 2.24) is 5.16 Å². The van der Waals surface area contributed by atoms with Crippen LogP contribution < -0.4 is 15.4 Å². The first-order chi connectivity index (χ1) is 14.2. The fourth-order valence-electron chi connectivity index (χ4n) is 2.55. The highest BCUT2D eigenvalue weighted by molar-refractivity contribution is 7.92. The van der Waals surface area contributed by atoms with Gasteiger partial charge in [-0.3, -0.25) is 9.59 Å². The number of hydrogen-bond acceptors (Lipinski definition) is 6. The lowest BCUT2D eigenvalue weighted by Gasteiger charge is -2.09. The molecule has 0 radical (unpaired) electrons. The van der Waals surface area contributed by atoms with E-state index in [9.17, 15) is 18.0 Å². The van der Waals surface area contributed by atoms with E-state index in [0.717, 1.165) is 0 Å². The normalized spacial score (nSPS) is 11.0. The minimum absolute atomic E-state index is 0.00149. The smallest absolute Gasteiger partial charge is 0.264 e. The summed E-state index contributed by atoms with van der Waals surface area (Å²) in [4.78, 5) is 23.6. The summed E-state index contributed by atoms with van der Waals surface area (Å²) in [6, 6.07) is 12.1. The molecule has 0 atom stereocenters. The van der Waals surface area contributed by atoms with Crippen LogP contribution in [0.1, 0.15) is 28.5 Å². The summed E-state index contributed by atoms with van der Waals surface area (Å²) < 4.78 is 32.4. The highest BCUT2D eigenvalue weighted by Gasteiger charge is 2.19. The molecule has 0 aliphatic heterocycles. The molecule has 0 fully saturated rings. The van der Waals surface area contributed by atoms with Crippen molar-refractivity contribution in [1.29, 1.82) is 0 Å². The number of hydrogen-bond donors (Lipinski definition) is 3. The summed E-state index contributed by atoms with van der Waals surface area (Å²) in [5.74, 6) is -0.582. The Bertz CT molecular complexity index is 1200. The SMILES string of the molecule is CC(=O)Nc1cccc(C(=O)Nc2ccc(S(=O)(=O)Nc3onc(C)c3C)cc2)c1. The Labute approximate surface area is 173 Å². The van der Waals surface area contributed by atoms with Gasteiger partial charge in [-0.05, 0) is 56.3 Å². The molecule has 0 saturated heterocycles. The maximum atomic E-state index is 12.5. The molecular weight excluding hydrogens is 408 g/mol. The molecule has 3 rings (SSSR count). The Hall–Kier alpha value is -3.66. The van der Waals surface area contributed by atoms with Crippen molar-refractivity contribution in [2.75, 3.05) is 15.4 Å². The topological polar surface area (TPSA) is 130 Å². The van der Waals surface area contributed by atoms with Crippen LogP contribution in [0.2, 0.25) is 0 Å². The van der Waals surface area contributed by atoms with Gasteiger partial charge in [0.2, 0.25) is 11.8 Å². The van der Waals surface area contributed by atoms with Gasteiger partial charge in [-0.1, -0.05) is 11.2 Å². The fourth-order valence-corrected chi connectivity index (χ4v) is 3.60. The second-order valence-corrected chi connectivity index (χ2v) is 8.25. The molecule has 1 heterocycles. The van der Waals surface area contributed by atoms with Crippen LogP contribution in [0.5, 0.6) is 0 Å². The molecule has 0 aliphatic carbocycles. The van der Waals surface area contributed by atoms with E-state index < -0.39 is 15.9 Å². The summed E-state index contributed by atoms with van der Waals surface area (Å²) in [7, 11) is -3.87. The van der Waals surface area contributed by atoms with Crippen molar-refractivity contribution in [3.05, 3.63) is 65.4 Å². The minimum Gasteiger partial charge on any atom is -0.337 e. The van der Waals surface area contributed by atoms with Crippen LogP contribution in [0, 0.1) is 13.8 Å². The number of benzene rings is 2. The van der Waals surface area contributed by atoms with E-state index in [-0.39, 0.29) is 16.7 Å². The molecule has 2 amide bonds. The summed E-state index contributed by atoms with van der Waals surface area (Å²) >= 11 is 0. The van der Waals surface area contributed by atoms with Crippen LogP contribution in [-0.2, 0) is 14.8 Å². The van der Waals surface area contributed by atoms with Crippen molar-refractivity contribution in [3.63, 3.8) is 0 Å². The van der Waals surface area contributed by atoms with E-state index in [0.29, 0.717) is 28.2 Å². The summed E-state index contributed by atoms with van der Waals surface area (Å²) in [6.45, 7) is 4.78. The summed E-state index contributed by atoms with van der Waals surface area (Å²) in [5, 5.41) is 9.01. The average Bonchev–Trinajstić information content (AvgIpc) is 3.00. The Morgan fingerprint density at radius 3 is 2.27 bits per heavy atom. The number of carbonyl (C=O) groups excluding carboxylic acids is 2. The van der Waals surface area contributed by atoms with Gasteiger partial charge < -0.3 is 15.2 Å². The zero-order chi connectivity index (χ0) is 21.9. The van der Waals surface area contributed by atoms with Gasteiger partial charge in [-0.2, -0.15) is 0 Å². The molecule has 2 aromatic carbocycles. The lowest BCUT2D eigenvalue weighted by Crippen LogP contribution is -2.14. The van der Waals surface area contributed by atoms with Crippen molar-refractivity contribution >= 4 is 39.1 Å². The first kappa shape index (κ1) is 21.1. The molecule has 156 valence electrons. The van der Waals surface area contributed by atoms with Crippen molar-refractivity contribution in [2.24, 2.45) is 0 Å². The van der Waals surface area contributed by atoms with Crippen molar-refractivity contribution in [3.8, 4) is 0 Å². The molecule has 0 spiro atoms. The second-order valence-electron chi connectivity index (χ2n) is 6.57. The molecule has 3 N–H and O–H groups in total. The molecule has 9 nitrogen and oxygen atoms in total. The van der Waals surface area contributed by atoms with Crippen LogP contribution in [0.4, 0.5) is 17.3 Å². The van der Waals surface area contributed by atoms with E-state index in [4.69, 9.17) is 4.52 Å². The predicted octanol–water partition coefficient (Wildman–Crippen LogP) is 3.30. The van der Waals surface area contributed by atoms with Crippen LogP contribution in [0.15, 0.2) is 57.9 Å². The third-order valence-corrected chi connectivity index (χ3v) is 5.60. The maximum Gasteiger partial charge on any atom is 0.264 e. The number of amides is 2. The fraction of sp³-hybridized carbons (Fsp3) is 0.150. The van der Waals surface area contributed by atoms with Crippen LogP contribution in [-0.4, -0.2) is 25.4 Å². The van der Waals surface area contributed by atoms with E-state index in [1.54, 1.807) is 38.1 Å². The van der Waals surface area contributed by atoms with Gasteiger partial charge in [0.15, 0.2) is 0 Å². The van der Waals surface area contributed by atoms with Gasteiger partial charge in [0.05, 0.1) is 10.6 Å². The highest BCUT2D eigenvalue weighted by Crippen LogP contribution is 2.23. The summed E-state index contributed by atoms with van der Waals surface area (Å²) in [5.41, 5.74) is 2.45. The van der Waals surface area contributed by atoms with Crippen molar-refractivity contribution in [2.45, 2.75) is 25.7 Å². The monoisotopic (exact) mass is 428 g/mol. The zero-order valence-electron chi connectivity index (χ0n) is 16.5. The van der Waals surface area contributed by atoms with E-state index >= 15 is 0 Å². The third kappa shape index (κ3) is 4.84. The van der Waals surface area contributed by atoms with Crippen LogP contribution >= 0.6 is 0 Å². The molecule has 1 aromatic heterocycles. The second kappa shape index (κ2) is 8.37.